The summed E-state index contributed by atoms with van der Waals surface area (Å²) in [5.41, 5.74) is 0.750. The summed E-state index contributed by atoms with van der Waals surface area (Å²) in [7, 11) is 0. The molecule has 2 fully saturated rings. The average molecular weight is 333 g/mol. The van der Waals surface area contributed by atoms with Crippen LogP contribution in [0.2, 0.25) is 0 Å². The van der Waals surface area contributed by atoms with E-state index in [-0.39, 0.29) is 12.0 Å². The van der Waals surface area contributed by atoms with E-state index in [1.54, 1.807) is 0 Å². The first-order valence-corrected chi connectivity index (χ1v) is 8.63. The van der Waals surface area contributed by atoms with Gasteiger partial charge in [0.1, 0.15) is 0 Å². The second kappa shape index (κ2) is 7.75. The largest absolute Gasteiger partial charge is 0.376 e. The standard InChI is InChI=1S/C17H23N3O2S/c21-16(14-5-2-1-3-6-14)19-8-10-20(11-9-19)17(23)18-13-15-7-4-12-22-15/h1-3,5-6,15H,4,7-13H2,(H,18,23)/t15-/m0/s1. The van der Waals surface area contributed by atoms with Gasteiger partial charge in [-0.15, -0.1) is 0 Å². The first-order valence-electron chi connectivity index (χ1n) is 8.23. The number of amides is 1. The maximum Gasteiger partial charge on any atom is 0.253 e. The van der Waals surface area contributed by atoms with Crippen molar-refractivity contribution in [3.63, 3.8) is 0 Å². The van der Waals surface area contributed by atoms with Crippen LogP contribution in [0.5, 0.6) is 0 Å². The summed E-state index contributed by atoms with van der Waals surface area (Å²) in [6.45, 7) is 4.60. The van der Waals surface area contributed by atoms with Crippen molar-refractivity contribution in [2.45, 2.75) is 18.9 Å². The monoisotopic (exact) mass is 333 g/mol. The number of nitrogens with one attached hydrogen (secondary N) is 1. The molecule has 6 heteroatoms. The summed E-state index contributed by atoms with van der Waals surface area (Å²) >= 11 is 5.46. The van der Waals surface area contributed by atoms with Gasteiger partial charge in [0.05, 0.1) is 6.10 Å². The number of piperazine rings is 1. The molecule has 3 rings (SSSR count). The second-order valence-electron chi connectivity index (χ2n) is 5.97. The Bertz CT molecular complexity index is 538. The van der Waals surface area contributed by atoms with Gasteiger partial charge in [-0.3, -0.25) is 4.79 Å². The predicted molar refractivity (Wildman–Crippen MR) is 93.5 cm³/mol. The van der Waals surface area contributed by atoms with Gasteiger partial charge in [0.2, 0.25) is 0 Å². The third-order valence-corrected chi connectivity index (χ3v) is 4.78. The fourth-order valence-corrected chi connectivity index (χ4v) is 3.26. The number of nitrogens with zero attached hydrogens (tertiary/aromatic N) is 2. The van der Waals surface area contributed by atoms with E-state index in [1.165, 1.54) is 0 Å². The zero-order valence-electron chi connectivity index (χ0n) is 13.2. The maximum atomic E-state index is 12.4. The minimum absolute atomic E-state index is 0.100. The molecule has 0 radical (unpaired) electrons. The number of rotatable bonds is 3. The number of benzene rings is 1. The number of hydrogen-bond donors (Lipinski definition) is 1. The number of thiocarbonyl (C=S) groups is 1. The normalized spacial score (nSPS) is 21.3. The summed E-state index contributed by atoms with van der Waals surface area (Å²) < 4.78 is 5.59. The molecule has 1 aromatic rings. The van der Waals surface area contributed by atoms with Crippen LogP contribution in [0.1, 0.15) is 23.2 Å². The molecule has 2 aliphatic heterocycles. The molecule has 1 aromatic carbocycles. The van der Waals surface area contributed by atoms with Crippen molar-refractivity contribution in [2.24, 2.45) is 0 Å². The van der Waals surface area contributed by atoms with Crippen LogP contribution in [0.3, 0.4) is 0 Å². The van der Waals surface area contributed by atoms with Crippen molar-refractivity contribution in [1.29, 1.82) is 0 Å². The zero-order chi connectivity index (χ0) is 16.1. The van der Waals surface area contributed by atoms with Gasteiger partial charge in [0, 0.05) is 44.9 Å². The summed E-state index contributed by atoms with van der Waals surface area (Å²) in [6.07, 6.45) is 2.53. The summed E-state index contributed by atoms with van der Waals surface area (Å²) in [5.74, 6) is 0.100. The van der Waals surface area contributed by atoms with Gasteiger partial charge in [-0.05, 0) is 37.2 Å². The minimum atomic E-state index is 0.100. The molecule has 1 amide bonds. The minimum Gasteiger partial charge on any atom is -0.376 e. The summed E-state index contributed by atoms with van der Waals surface area (Å²) in [4.78, 5) is 16.5. The number of carbonyl (C=O) groups is 1. The van der Waals surface area contributed by atoms with E-state index in [4.69, 9.17) is 17.0 Å². The Morgan fingerprint density at radius 3 is 2.52 bits per heavy atom. The van der Waals surface area contributed by atoms with E-state index in [1.807, 2.05) is 35.2 Å². The molecular formula is C17H23N3O2S. The van der Waals surface area contributed by atoms with Crippen LogP contribution in [-0.4, -0.2) is 66.3 Å². The van der Waals surface area contributed by atoms with Crippen LogP contribution in [0, 0.1) is 0 Å². The average Bonchev–Trinajstić information content (AvgIpc) is 3.13. The highest BCUT2D eigenvalue weighted by molar-refractivity contribution is 7.80. The third-order valence-electron chi connectivity index (χ3n) is 4.38. The lowest BCUT2D eigenvalue weighted by Gasteiger charge is -2.36. The molecule has 5 nitrogen and oxygen atoms in total. The van der Waals surface area contributed by atoms with Gasteiger partial charge in [0.25, 0.3) is 5.91 Å². The SMILES string of the molecule is O=C(c1ccccc1)N1CCN(C(=S)NC[C@@H]2CCCO2)CC1. The van der Waals surface area contributed by atoms with E-state index in [0.29, 0.717) is 13.1 Å². The molecule has 124 valence electrons. The Morgan fingerprint density at radius 2 is 1.87 bits per heavy atom. The van der Waals surface area contributed by atoms with Crippen molar-refractivity contribution in [2.75, 3.05) is 39.3 Å². The summed E-state index contributed by atoms with van der Waals surface area (Å²) in [6, 6.07) is 9.44. The number of ether oxygens (including phenoxy) is 1. The van der Waals surface area contributed by atoms with Gasteiger partial charge >= 0.3 is 0 Å². The lowest BCUT2D eigenvalue weighted by atomic mass is 10.2. The highest BCUT2D eigenvalue weighted by Crippen LogP contribution is 2.12. The van der Waals surface area contributed by atoms with Crippen molar-refractivity contribution in [3.8, 4) is 0 Å². The fourth-order valence-electron chi connectivity index (χ4n) is 2.99. The molecule has 2 saturated heterocycles. The predicted octanol–water partition coefficient (Wildman–Crippen LogP) is 1.50. The smallest absolute Gasteiger partial charge is 0.253 e. The van der Waals surface area contributed by atoms with E-state index in [0.717, 1.165) is 49.8 Å². The molecule has 1 N–H and O–H groups in total. The Hall–Kier alpha value is -1.66. The van der Waals surface area contributed by atoms with Gasteiger partial charge in [-0.2, -0.15) is 0 Å². The lowest BCUT2D eigenvalue weighted by molar-refractivity contribution is 0.0690. The van der Waals surface area contributed by atoms with Gasteiger partial charge in [-0.1, -0.05) is 18.2 Å². The van der Waals surface area contributed by atoms with Gasteiger partial charge in [0.15, 0.2) is 5.11 Å². The van der Waals surface area contributed by atoms with Crippen molar-refractivity contribution in [3.05, 3.63) is 35.9 Å². The molecule has 23 heavy (non-hydrogen) atoms. The highest BCUT2D eigenvalue weighted by atomic mass is 32.1. The van der Waals surface area contributed by atoms with Crippen LogP contribution in [0.15, 0.2) is 30.3 Å². The van der Waals surface area contributed by atoms with Crippen LogP contribution in [0.25, 0.3) is 0 Å². The van der Waals surface area contributed by atoms with Crippen molar-refractivity contribution < 1.29 is 9.53 Å². The molecule has 2 aliphatic rings. The van der Waals surface area contributed by atoms with Crippen LogP contribution in [0.4, 0.5) is 0 Å². The van der Waals surface area contributed by atoms with Gasteiger partial charge < -0.3 is 19.9 Å². The van der Waals surface area contributed by atoms with Gasteiger partial charge in [-0.25, -0.2) is 0 Å². The Kier molecular flexibility index (Phi) is 5.46. The van der Waals surface area contributed by atoms with Crippen molar-refractivity contribution in [1.82, 2.24) is 15.1 Å². The first kappa shape index (κ1) is 16.2. The van der Waals surface area contributed by atoms with E-state index >= 15 is 0 Å². The van der Waals surface area contributed by atoms with Crippen LogP contribution < -0.4 is 5.32 Å². The summed E-state index contributed by atoms with van der Waals surface area (Å²) in [5, 5.41) is 4.07. The lowest BCUT2D eigenvalue weighted by Crippen LogP contribution is -2.53. The molecule has 0 saturated carbocycles. The van der Waals surface area contributed by atoms with Crippen LogP contribution in [-0.2, 0) is 4.74 Å². The zero-order valence-corrected chi connectivity index (χ0v) is 14.1. The molecule has 0 aromatic heterocycles. The fraction of sp³-hybridized carbons (Fsp3) is 0.529. The number of carbonyl (C=O) groups excluding carboxylic acids is 1. The van der Waals surface area contributed by atoms with Crippen molar-refractivity contribution >= 4 is 23.2 Å². The van der Waals surface area contributed by atoms with E-state index in [9.17, 15) is 4.79 Å². The van der Waals surface area contributed by atoms with E-state index < -0.39 is 0 Å². The topological polar surface area (TPSA) is 44.8 Å². The Labute approximate surface area is 142 Å². The maximum absolute atomic E-state index is 12.4. The second-order valence-corrected chi connectivity index (χ2v) is 6.35. The molecule has 0 spiro atoms. The van der Waals surface area contributed by atoms with E-state index in [2.05, 4.69) is 10.2 Å². The molecule has 1 atom stereocenters. The molecule has 0 aliphatic carbocycles. The highest BCUT2D eigenvalue weighted by Gasteiger charge is 2.24. The molecule has 0 bridgehead atoms. The Balaban J connectivity index is 1.44. The quantitative estimate of drug-likeness (QED) is 0.850. The van der Waals surface area contributed by atoms with Crippen LogP contribution >= 0.6 is 12.2 Å². The molecular weight excluding hydrogens is 310 g/mol. The molecule has 2 heterocycles. The first-order chi connectivity index (χ1) is 11.2. The number of hydrogen-bond acceptors (Lipinski definition) is 3. The third kappa shape index (κ3) is 4.20. The molecule has 0 unspecified atom stereocenters. The Morgan fingerprint density at radius 1 is 1.17 bits per heavy atom.